The van der Waals surface area contributed by atoms with E-state index in [1.54, 1.807) is 0 Å². The Morgan fingerprint density at radius 3 is 2.52 bits per heavy atom. The van der Waals surface area contributed by atoms with Gasteiger partial charge in [-0.2, -0.15) is 5.10 Å². The predicted molar refractivity (Wildman–Crippen MR) is 186 cm³/mol. The highest BCUT2D eigenvalue weighted by Crippen LogP contribution is 2.41. The molecule has 1 aliphatic heterocycles. The number of nitrogens with one attached hydrogen (secondary N) is 1. The minimum absolute atomic E-state index is 0.390. The Balaban J connectivity index is 0.000000775. The van der Waals surface area contributed by atoms with Crippen molar-refractivity contribution in [2.24, 2.45) is 7.05 Å². The van der Waals surface area contributed by atoms with E-state index in [1.165, 1.54) is 0 Å². The highest BCUT2D eigenvalue weighted by molar-refractivity contribution is 6.05. The molecule has 0 saturated heterocycles. The molecular formula is C38H48N4O4. The first-order valence-corrected chi connectivity index (χ1v) is 16.7. The third kappa shape index (κ3) is 6.83. The number of aryl methyl sites for hydroxylation is 4. The lowest BCUT2D eigenvalue weighted by molar-refractivity contribution is 0.0683. The second-order valence-electron chi connectivity index (χ2n) is 11.8. The van der Waals surface area contributed by atoms with Gasteiger partial charge >= 0.3 is 5.97 Å². The van der Waals surface area contributed by atoms with Gasteiger partial charge in [-0.15, -0.1) is 0 Å². The Morgan fingerprint density at radius 2 is 1.78 bits per heavy atom. The third-order valence-corrected chi connectivity index (χ3v) is 8.80. The number of ether oxygens (including phenoxy) is 2. The molecule has 244 valence electrons. The maximum absolute atomic E-state index is 12.9. The molecule has 0 radical (unpaired) electrons. The third-order valence-electron chi connectivity index (χ3n) is 8.80. The average molecular weight is 625 g/mol. The van der Waals surface area contributed by atoms with E-state index in [4.69, 9.17) is 14.6 Å². The summed E-state index contributed by atoms with van der Waals surface area (Å²) < 4.78 is 16.3. The summed E-state index contributed by atoms with van der Waals surface area (Å²) in [5.41, 5.74) is 7.59. The Hall–Kier alpha value is -4.14. The van der Waals surface area contributed by atoms with Crippen molar-refractivity contribution < 1.29 is 19.4 Å². The maximum Gasteiger partial charge on any atom is 0.352 e. The molecule has 0 atom stereocenters. The van der Waals surface area contributed by atoms with E-state index in [0.717, 1.165) is 93.4 Å². The number of fused-ring (bicyclic) bond motifs is 3. The van der Waals surface area contributed by atoms with Crippen LogP contribution in [0.4, 0.5) is 0 Å². The molecule has 0 fully saturated rings. The van der Waals surface area contributed by atoms with Gasteiger partial charge in [-0.25, -0.2) is 4.79 Å². The van der Waals surface area contributed by atoms with E-state index < -0.39 is 5.97 Å². The summed E-state index contributed by atoms with van der Waals surface area (Å²) in [4.78, 5) is 12.9. The van der Waals surface area contributed by atoms with E-state index in [1.807, 2.05) is 36.0 Å². The van der Waals surface area contributed by atoms with Crippen LogP contribution in [0, 0.1) is 6.92 Å². The van der Waals surface area contributed by atoms with Crippen molar-refractivity contribution >= 4 is 27.6 Å². The van der Waals surface area contributed by atoms with Gasteiger partial charge in [0.05, 0.1) is 24.4 Å². The van der Waals surface area contributed by atoms with Crippen molar-refractivity contribution in [3.8, 4) is 16.9 Å². The Labute approximate surface area is 272 Å². The molecule has 5 aromatic rings. The van der Waals surface area contributed by atoms with Crippen LogP contribution in [0.15, 0.2) is 54.6 Å². The van der Waals surface area contributed by atoms with E-state index in [2.05, 4.69) is 67.9 Å². The number of hydrogen-bond acceptors (Lipinski definition) is 5. The number of carboxylic acid groups (broad SMARTS) is 1. The number of aromatic carboxylic acids is 1. The predicted octanol–water partition coefficient (Wildman–Crippen LogP) is 7.70. The normalized spacial score (nSPS) is 13.2. The lowest BCUT2D eigenvalue weighted by Crippen LogP contribution is -2.12. The average Bonchev–Trinajstić information content (AvgIpc) is 3.53. The smallest absolute Gasteiger partial charge is 0.352 e. The molecule has 2 N–H and O–H groups in total. The summed E-state index contributed by atoms with van der Waals surface area (Å²) in [5, 5.41) is 21.8. The van der Waals surface area contributed by atoms with Crippen molar-refractivity contribution in [3.05, 3.63) is 82.8 Å². The van der Waals surface area contributed by atoms with E-state index in [9.17, 15) is 9.90 Å². The standard InChI is InChI=1S/C34H37N3O4.C4H11N/c1-4-28-31-27(35-36(28)3)21-40-19-8-7-18-37-32-26(17-16-22(2)30(31)32)25(33(37)34(38)39)14-10-20-41-29-15-9-12-23-11-5-6-13-24(23)29;1-3-5-4-2/h5-6,9,11-13,15-17H,4,7-8,10,14,18-21H2,1-3H3,(H,38,39);5H,3-4H2,1-2H3. The number of hydrogen-bond donors (Lipinski definition) is 2. The fraction of sp³-hybridized carbons (Fsp3) is 0.421. The number of nitrogens with zero attached hydrogens (tertiary/aromatic N) is 3. The summed E-state index contributed by atoms with van der Waals surface area (Å²) in [6.07, 6.45) is 3.84. The van der Waals surface area contributed by atoms with E-state index in [-0.39, 0.29) is 0 Å². The van der Waals surface area contributed by atoms with Crippen LogP contribution in [-0.4, -0.2) is 51.7 Å². The molecule has 0 amide bonds. The van der Waals surface area contributed by atoms with Gasteiger partial charge in [0.25, 0.3) is 0 Å². The van der Waals surface area contributed by atoms with Crippen molar-refractivity contribution in [3.63, 3.8) is 0 Å². The highest BCUT2D eigenvalue weighted by Gasteiger charge is 2.28. The zero-order chi connectivity index (χ0) is 32.6. The number of carboxylic acids is 1. The second kappa shape index (κ2) is 15.4. The molecule has 0 bridgehead atoms. The molecule has 8 nitrogen and oxygen atoms in total. The van der Waals surface area contributed by atoms with Gasteiger partial charge in [-0.05, 0) is 74.7 Å². The summed E-state index contributed by atoms with van der Waals surface area (Å²) in [6, 6.07) is 18.5. The minimum Gasteiger partial charge on any atom is -0.493 e. The monoisotopic (exact) mass is 624 g/mol. The van der Waals surface area contributed by atoms with Crippen LogP contribution in [0.2, 0.25) is 0 Å². The van der Waals surface area contributed by atoms with E-state index >= 15 is 0 Å². The SMILES string of the molecule is CCNCC.CCc1c2c(nn1C)COCCCCn1c(C(=O)O)c(CCCOc3cccc4ccccc34)c3ccc(C)c-2c31. The highest BCUT2D eigenvalue weighted by atomic mass is 16.5. The van der Waals surface area contributed by atoms with Gasteiger partial charge < -0.3 is 24.5 Å². The van der Waals surface area contributed by atoms with Gasteiger partial charge in [0.1, 0.15) is 11.4 Å². The van der Waals surface area contributed by atoms with Gasteiger partial charge in [-0.3, -0.25) is 4.68 Å². The zero-order valence-electron chi connectivity index (χ0n) is 28.0. The van der Waals surface area contributed by atoms with Crippen LogP contribution < -0.4 is 10.1 Å². The molecule has 0 unspecified atom stereocenters. The van der Waals surface area contributed by atoms with Crippen LogP contribution in [-0.2, 0) is 37.8 Å². The summed E-state index contributed by atoms with van der Waals surface area (Å²) in [7, 11) is 1.98. The fourth-order valence-corrected chi connectivity index (χ4v) is 6.72. The van der Waals surface area contributed by atoms with Gasteiger partial charge in [-0.1, -0.05) is 69.3 Å². The van der Waals surface area contributed by atoms with Crippen molar-refractivity contribution in [1.82, 2.24) is 19.7 Å². The lowest BCUT2D eigenvalue weighted by atomic mass is 9.93. The number of benzene rings is 3. The molecule has 8 heteroatoms. The molecule has 46 heavy (non-hydrogen) atoms. The van der Waals surface area contributed by atoms with Gasteiger partial charge in [0, 0.05) is 47.8 Å². The summed E-state index contributed by atoms with van der Waals surface area (Å²) in [6.45, 7) is 12.8. The van der Waals surface area contributed by atoms with Crippen molar-refractivity contribution in [2.45, 2.75) is 73.0 Å². The molecule has 0 spiro atoms. The Bertz CT molecular complexity index is 1790. The molecule has 6 rings (SSSR count). The molecular weight excluding hydrogens is 576 g/mol. The van der Waals surface area contributed by atoms with Gasteiger partial charge in [0.2, 0.25) is 0 Å². The number of aromatic nitrogens is 3. The lowest BCUT2D eigenvalue weighted by Gasteiger charge is -2.15. The quantitative estimate of drug-likeness (QED) is 0.163. The van der Waals surface area contributed by atoms with Crippen LogP contribution >= 0.6 is 0 Å². The Kier molecular flexibility index (Phi) is 11.1. The maximum atomic E-state index is 12.9. The number of rotatable bonds is 9. The molecule has 1 aliphatic rings. The Morgan fingerprint density at radius 1 is 1.00 bits per heavy atom. The minimum atomic E-state index is -0.886. The largest absolute Gasteiger partial charge is 0.493 e. The second-order valence-corrected chi connectivity index (χ2v) is 11.8. The van der Waals surface area contributed by atoms with Crippen molar-refractivity contribution in [2.75, 3.05) is 26.3 Å². The first kappa shape index (κ1) is 33.2. The van der Waals surface area contributed by atoms with Crippen molar-refractivity contribution in [1.29, 1.82) is 0 Å². The van der Waals surface area contributed by atoms with Gasteiger partial charge in [0.15, 0.2) is 0 Å². The fourth-order valence-electron chi connectivity index (χ4n) is 6.72. The van der Waals surface area contributed by atoms with Crippen LogP contribution in [0.25, 0.3) is 32.8 Å². The first-order valence-electron chi connectivity index (χ1n) is 16.7. The first-order chi connectivity index (χ1) is 22.4. The van der Waals surface area contributed by atoms with E-state index in [0.29, 0.717) is 44.9 Å². The zero-order valence-corrected chi connectivity index (χ0v) is 28.0. The molecule has 0 saturated carbocycles. The molecule has 3 aromatic carbocycles. The summed E-state index contributed by atoms with van der Waals surface area (Å²) >= 11 is 0. The topological polar surface area (TPSA) is 90.5 Å². The van der Waals surface area contributed by atoms with Crippen LogP contribution in [0.3, 0.4) is 0 Å². The summed E-state index contributed by atoms with van der Waals surface area (Å²) in [5.74, 6) is -0.0298. The molecule has 3 heterocycles. The van der Waals surface area contributed by atoms with Crippen LogP contribution in [0.5, 0.6) is 5.75 Å². The number of carbonyl (C=O) groups is 1. The molecule has 0 aliphatic carbocycles. The van der Waals surface area contributed by atoms with Crippen LogP contribution in [0.1, 0.15) is 73.0 Å². The molecule has 2 aromatic heterocycles.